The van der Waals surface area contributed by atoms with Crippen molar-refractivity contribution in [2.45, 2.75) is 73.3 Å². The molecule has 0 bridgehead atoms. The Balaban J connectivity index is 3.20. The van der Waals surface area contributed by atoms with Gasteiger partial charge in [-0.3, -0.25) is 9.59 Å². The zero-order valence-corrected chi connectivity index (χ0v) is 16.3. The van der Waals surface area contributed by atoms with Crippen LogP contribution in [0.25, 0.3) is 0 Å². The fourth-order valence-electron chi connectivity index (χ4n) is 2.51. The van der Waals surface area contributed by atoms with E-state index in [0.29, 0.717) is 0 Å². The van der Waals surface area contributed by atoms with Crippen molar-refractivity contribution in [1.29, 1.82) is 0 Å². The molecule has 2 N–H and O–H groups in total. The Kier molecular flexibility index (Phi) is 6.58. The summed E-state index contributed by atoms with van der Waals surface area (Å²) in [5, 5.41) is 5.86. The number of rotatable bonds is 6. The molecule has 1 aromatic rings. The monoisotopic (exact) mass is 332 g/mol. The van der Waals surface area contributed by atoms with Crippen molar-refractivity contribution in [1.82, 2.24) is 5.32 Å². The number of benzene rings is 1. The van der Waals surface area contributed by atoms with Crippen LogP contribution in [-0.4, -0.2) is 17.9 Å². The lowest BCUT2D eigenvalue weighted by Crippen LogP contribution is -2.47. The smallest absolute Gasteiger partial charge is 0.239 e. The number of anilines is 1. The number of hydrogen-bond acceptors (Lipinski definition) is 2. The molecule has 24 heavy (non-hydrogen) atoms. The Morgan fingerprint density at radius 1 is 0.875 bits per heavy atom. The molecule has 0 saturated carbocycles. The SMILES string of the molecule is CC(C)NC(=O)C(C)(C)C(=O)Nc1c(C(C)C)cccc1C(C)C. The molecule has 0 aliphatic rings. The molecule has 0 atom stereocenters. The van der Waals surface area contributed by atoms with Gasteiger partial charge in [0.15, 0.2) is 0 Å². The van der Waals surface area contributed by atoms with E-state index in [4.69, 9.17) is 0 Å². The standard InChI is InChI=1S/C20H32N2O2/c1-12(2)15-10-9-11-16(13(3)4)17(15)22-19(24)20(7,8)18(23)21-14(5)6/h9-14H,1-8H3,(H,21,23)(H,22,24). The summed E-state index contributed by atoms with van der Waals surface area (Å²) in [7, 11) is 0. The van der Waals surface area contributed by atoms with Crippen LogP contribution in [0.15, 0.2) is 18.2 Å². The van der Waals surface area contributed by atoms with Crippen LogP contribution in [0, 0.1) is 5.41 Å². The fourth-order valence-corrected chi connectivity index (χ4v) is 2.51. The molecular weight excluding hydrogens is 300 g/mol. The van der Waals surface area contributed by atoms with Crippen molar-refractivity contribution >= 4 is 17.5 Å². The molecule has 1 aromatic carbocycles. The van der Waals surface area contributed by atoms with E-state index in [-0.39, 0.29) is 29.7 Å². The molecule has 0 heterocycles. The minimum Gasteiger partial charge on any atom is -0.353 e. The van der Waals surface area contributed by atoms with Gasteiger partial charge in [-0.2, -0.15) is 0 Å². The summed E-state index contributed by atoms with van der Waals surface area (Å²) in [6.45, 7) is 15.5. The van der Waals surface area contributed by atoms with Crippen LogP contribution in [-0.2, 0) is 9.59 Å². The van der Waals surface area contributed by atoms with Gasteiger partial charge in [-0.25, -0.2) is 0 Å². The second kappa shape index (κ2) is 7.82. The van der Waals surface area contributed by atoms with E-state index < -0.39 is 5.41 Å². The highest BCUT2D eigenvalue weighted by atomic mass is 16.2. The van der Waals surface area contributed by atoms with E-state index in [1.807, 2.05) is 32.0 Å². The van der Waals surface area contributed by atoms with Crippen molar-refractivity contribution in [2.75, 3.05) is 5.32 Å². The highest BCUT2D eigenvalue weighted by Crippen LogP contribution is 2.33. The molecule has 0 spiro atoms. The summed E-state index contributed by atoms with van der Waals surface area (Å²) in [5.74, 6) is 0.0250. The van der Waals surface area contributed by atoms with E-state index in [2.05, 4.69) is 38.3 Å². The molecular formula is C20H32N2O2. The summed E-state index contributed by atoms with van der Waals surface area (Å²) in [4.78, 5) is 25.2. The predicted molar refractivity (Wildman–Crippen MR) is 100 cm³/mol. The highest BCUT2D eigenvalue weighted by molar-refractivity contribution is 6.10. The lowest BCUT2D eigenvalue weighted by atomic mass is 9.88. The molecule has 0 saturated heterocycles. The van der Waals surface area contributed by atoms with Gasteiger partial charge in [0.05, 0.1) is 0 Å². The summed E-state index contributed by atoms with van der Waals surface area (Å²) in [5.41, 5.74) is 1.89. The maximum absolute atomic E-state index is 12.8. The molecule has 1 rings (SSSR count). The van der Waals surface area contributed by atoms with Crippen LogP contribution < -0.4 is 10.6 Å². The van der Waals surface area contributed by atoms with Crippen molar-refractivity contribution in [2.24, 2.45) is 5.41 Å². The summed E-state index contributed by atoms with van der Waals surface area (Å²) < 4.78 is 0. The third-order valence-electron chi connectivity index (χ3n) is 4.17. The van der Waals surface area contributed by atoms with Crippen LogP contribution in [0.5, 0.6) is 0 Å². The third kappa shape index (κ3) is 4.59. The first-order valence-corrected chi connectivity index (χ1v) is 8.73. The van der Waals surface area contributed by atoms with Gasteiger partial charge in [0.25, 0.3) is 0 Å². The Labute approximate surface area is 146 Å². The van der Waals surface area contributed by atoms with Crippen molar-refractivity contribution in [3.05, 3.63) is 29.3 Å². The van der Waals surface area contributed by atoms with E-state index in [1.54, 1.807) is 13.8 Å². The molecule has 0 aromatic heterocycles. The molecule has 0 aliphatic carbocycles. The van der Waals surface area contributed by atoms with Gasteiger partial charge in [-0.1, -0.05) is 45.9 Å². The minimum absolute atomic E-state index is 0.00116. The van der Waals surface area contributed by atoms with Gasteiger partial charge in [-0.15, -0.1) is 0 Å². The average molecular weight is 332 g/mol. The minimum atomic E-state index is -1.14. The van der Waals surface area contributed by atoms with Crippen molar-refractivity contribution < 1.29 is 9.59 Å². The maximum Gasteiger partial charge on any atom is 0.239 e. The van der Waals surface area contributed by atoms with E-state index in [9.17, 15) is 9.59 Å². The molecule has 0 fully saturated rings. The van der Waals surface area contributed by atoms with Gasteiger partial charge < -0.3 is 10.6 Å². The highest BCUT2D eigenvalue weighted by Gasteiger charge is 2.37. The summed E-state index contributed by atoms with van der Waals surface area (Å²) >= 11 is 0. The summed E-state index contributed by atoms with van der Waals surface area (Å²) in [6.07, 6.45) is 0. The third-order valence-corrected chi connectivity index (χ3v) is 4.17. The Hall–Kier alpha value is -1.84. The van der Waals surface area contributed by atoms with Gasteiger partial charge in [-0.05, 0) is 50.7 Å². The molecule has 134 valence electrons. The lowest BCUT2D eigenvalue weighted by Gasteiger charge is -2.27. The molecule has 4 heteroatoms. The van der Waals surface area contributed by atoms with Crippen molar-refractivity contribution in [3.8, 4) is 0 Å². The number of carbonyl (C=O) groups excluding carboxylic acids is 2. The normalized spacial score (nSPS) is 12.0. The Morgan fingerprint density at radius 3 is 1.71 bits per heavy atom. The topological polar surface area (TPSA) is 58.2 Å². The van der Waals surface area contributed by atoms with Gasteiger partial charge in [0.1, 0.15) is 5.41 Å². The van der Waals surface area contributed by atoms with Gasteiger partial charge in [0.2, 0.25) is 11.8 Å². The van der Waals surface area contributed by atoms with Crippen LogP contribution in [0.4, 0.5) is 5.69 Å². The predicted octanol–water partition coefficient (Wildman–Crippen LogP) is 4.42. The van der Waals surface area contributed by atoms with E-state index in [1.165, 1.54) is 0 Å². The Morgan fingerprint density at radius 2 is 1.33 bits per heavy atom. The van der Waals surface area contributed by atoms with Crippen LogP contribution in [0.3, 0.4) is 0 Å². The van der Waals surface area contributed by atoms with Crippen molar-refractivity contribution in [3.63, 3.8) is 0 Å². The quantitative estimate of drug-likeness (QED) is 0.758. The molecule has 2 amide bonds. The maximum atomic E-state index is 12.8. The van der Waals surface area contributed by atoms with E-state index >= 15 is 0 Å². The molecule has 0 radical (unpaired) electrons. The summed E-state index contributed by atoms with van der Waals surface area (Å²) in [6, 6.07) is 6.09. The Bertz CT molecular complexity index is 575. The van der Waals surface area contributed by atoms with Crippen LogP contribution in [0.1, 0.15) is 78.4 Å². The first kappa shape index (κ1) is 20.2. The number of carbonyl (C=O) groups is 2. The number of amides is 2. The second-order valence-corrected chi connectivity index (χ2v) is 7.83. The van der Waals surface area contributed by atoms with Crippen LogP contribution >= 0.6 is 0 Å². The average Bonchev–Trinajstić information content (AvgIpc) is 2.45. The van der Waals surface area contributed by atoms with Gasteiger partial charge >= 0.3 is 0 Å². The van der Waals surface area contributed by atoms with Gasteiger partial charge in [0, 0.05) is 11.7 Å². The first-order chi connectivity index (χ1) is 11.0. The second-order valence-electron chi connectivity index (χ2n) is 7.83. The molecule has 4 nitrogen and oxygen atoms in total. The fraction of sp³-hybridized carbons (Fsp3) is 0.600. The number of hydrogen-bond donors (Lipinski definition) is 2. The largest absolute Gasteiger partial charge is 0.353 e. The zero-order valence-electron chi connectivity index (χ0n) is 16.3. The molecule has 0 unspecified atom stereocenters. The number of nitrogens with one attached hydrogen (secondary N) is 2. The van der Waals surface area contributed by atoms with Crippen LogP contribution in [0.2, 0.25) is 0 Å². The first-order valence-electron chi connectivity index (χ1n) is 8.73. The lowest BCUT2D eigenvalue weighted by molar-refractivity contribution is -0.138. The molecule has 0 aliphatic heterocycles. The number of para-hydroxylation sites is 1. The zero-order chi connectivity index (χ0) is 18.7. The van der Waals surface area contributed by atoms with E-state index in [0.717, 1.165) is 16.8 Å².